The topological polar surface area (TPSA) is 9.23 Å². The number of methoxy groups -OCH3 is 1. The fourth-order valence-corrected chi connectivity index (χ4v) is 1.18. The molecule has 1 nitrogen and oxygen atoms in total. The van der Waals surface area contributed by atoms with Gasteiger partial charge >= 0.3 is 0 Å². The van der Waals surface area contributed by atoms with E-state index in [0.29, 0.717) is 0 Å². The van der Waals surface area contributed by atoms with Crippen LogP contribution in [0.5, 0.6) is 5.75 Å². The number of aryl methyl sites for hydroxylation is 1. The van der Waals surface area contributed by atoms with Crippen LogP contribution in [0.25, 0.3) is 0 Å². The van der Waals surface area contributed by atoms with E-state index in [-0.39, 0.29) is 0 Å². The van der Waals surface area contributed by atoms with Gasteiger partial charge in [-0.3, -0.25) is 0 Å². The monoisotopic (exact) mass is 148 g/mol. The van der Waals surface area contributed by atoms with Gasteiger partial charge in [0.05, 0.1) is 7.11 Å². The maximum Gasteiger partial charge on any atom is 0.139 e. The van der Waals surface area contributed by atoms with Crippen LogP contribution >= 0.6 is 0 Å². The minimum Gasteiger partial charge on any atom is -0.496 e. The van der Waals surface area contributed by atoms with Crippen LogP contribution in [0, 0.1) is 0 Å². The van der Waals surface area contributed by atoms with Crippen molar-refractivity contribution in [3.63, 3.8) is 0 Å². The minimum atomic E-state index is 0.998. The number of benzene rings is 1. The molecule has 1 rings (SSSR count). The van der Waals surface area contributed by atoms with Gasteiger partial charge in [-0.2, -0.15) is 0 Å². The van der Waals surface area contributed by atoms with Crippen LogP contribution in [0.3, 0.4) is 0 Å². The van der Waals surface area contributed by atoms with E-state index in [1.807, 2.05) is 6.07 Å². The average molecular weight is 148 g/mol. The van der Waals surface area contributed by atoms with Gasteiger partial charge in [-0.05, 0) is 18.1 Å². The third-order valence-corrected chi connectivity index (χ3v) is 1.82. The molecule has 2 heteroatoms. The molecule has 0 heterocycles. The Morgan fingerprint density at radius 2 is 2.18 bits per heavy atom. The summed E-state index contributed by atoms with van der Waals surface area (Å²) in [6.45, 7) is 2.14. The first-order valence-electron chi connectivity index (χ1n) is 3.91. The standard InChI is InChI=1S/C9H13BO/c1-3-7-6-8(10)4-5-9(7)11-2/h4-6H,3,10H2,1-2H3. The number of rotatable bonds is 2. The molecule has 0 aliphatic heterocycles. The fourth-order valence-electron chi connectivity index (χ4n) is 1.18. The minimum absolute atomic E-state index is 0.998. The smallest absolute Gasteiger partial charge is 0.139 e. The van der Waals surface area contributed by atoms with Crippen molar-refractivity contribution in [2.24, 2.45) is 0 Å². The summed E-state index contributed by atoms with van der Waals surface area (Å²) in [5.74, 6) is 0.998. The lowest BCUT2D eigenvalue weighted by Gasteiger charge is -2.06. The summed E-state index contributed by atoms with van der Waals surface area (Å²) in [6, 6.07) is 6.25. The lowest BCUT2D eigenvalue weighted by molar-refractivity contribution is 0.410. The van der Waals surface area contributed by atoms with Gasteiger partial charge in [-0.15, -0.1) is 0 Å². The second-order valence-electron chi connectivity index (χ2n) is 2.67. The number of hydrogen-bond acceptors (Lipinski definition) is 1. The van der Waals surface area contributed by atoms with E-state index in [2.05, 4.69) is 26.9 Å². The molecule has 0 atom stereocenters. The lowest BCUT2D eigenvalue weighted by Crippen LogP contribution is -2.03. The predicted molar refractivity (Wildman–Crippen MR) is 50.6 cm³/mol. The van der Waals surface area contributed by atoms with Gasteiger partial charge in [0, 0.05) is 0 Å². The zero-order valence-electron chi connectivity index (χ0n) is 7.35. The van der Waals surface area contributed by atoms with E-state index in [0.717, 1.165) is 12.2 Å². The first-order valence-corrected chi connectivity index (χ1v) is 3.91. The molecule has 0 fully saturated rings. The maximum atomic E-state index is 5.19. The summed E-state index contributed by atoms with van der Waals surface area (Å²) >= 11 is 0. The average Bonchev–Trinajstić information content (AvgIpc) is 2.04. The predicted octanol–water partition coefficient (Wildman–Crippen LogP) is 0.516. The molecular formula is C9H13BO. The summed E-state index contributed by atoms with van der Waals surface area (Å²) in [4.78, 5) is 0. The van der Waals surface area contributed by atoms with Crippen LogP contribution in [-0.2, 0) is 6.42 Å². The molecule has 1 aromatic rings. The molecule has 0 radical (unpaired) electrons. The molecule has 0 unspecified atom stereocenters. The third-order valence-electron chi connectivity index (χ3n) is 1.82. The third kappa shape index (κ3) is 1.76. The molecule has 0 aliphatic carbocycles. The van der Waals surface area contributed by atoms with E-state index >= 15 is 0 Å². The first kappa shape index (κ1) is 8.18. The van der Waals surface area contributed by atoms with Gasteiger partial charge in [0.15, 0.2) is 0 Å². The highest BCUT2D eigenvalue weighted by Gasteiger charge is 1.98. The zero-order chi connectivity index (χ0) is 8.27. The molecule has 0 amide bonds. The molecule has 58 valence electrons. The highest BCUT2D eigenvalue weighted by atomic mass is 16.5. The van der Waals surface area contributed by atoms with Gasteiger partial charge in [0.1, 0.15) is 13.6 Å². The van der Waals surface area contributed by atoms with Gasteiger partial charge in [-0.25, -0.2) is 0 Å². The van der Waals surface area contributed by atoms with Gasteiger partial charge < -0.3 is 4.74 Å². The summed E-state index contributed by atoms with van der Waals surface area (Å²) in [6.07, 6.45) is 1.03. The SMILES string of the molecule is Bc1ccc(OC)c(CC)c1. The van der Waals surface area contributed by atoms with E-state index in [9.17, 15) is 0 Å². The Balaban J connectivity index is 3.06. The van der Waals surface area contributed by atoms with Crippen LogP contribution < -0.4 is 10.2 Å². The largest absolute Gasteiger partial charge is 0.496 e. The van der Waals surface area contributed by atoms with E-state index in [4.69, 9.17) is 4.74 Å². The van der Waals surface area contributed by atoms with Crippen LogP contribution in [0.4, 0.5) is 0 Å². The van der Waals surface area contributed by atoms with Crippen molar-refractivity contribution in [3.8, 4) is 5.75 Å². The van der Waals surface area contributed by atoms with E-state index in [1.54, 1.807) is 7.11 Å². The Labute approximate surface area is 68.8 Å². The summed E-state index contributed by atoms with van der Waals surface area (Å²) in [5, 5.41) is 0. The van der Waals surface area contributed by atoms with Crippen molar-refractivity contribution >= 4 is 13.3 Å². The first-order chi connectivity index (χ1) is 5.27. The van der Waals surface area contributed by atoms with Crippen molar-refractivity contribution < 1.29 is 4.74 Å². The molecule has 0 aromatic heterocycles. The van der Waals surface area contributed by atoms with Gasteiger partial charge in [0.25, 0.3) is 0 Å². The fraction of sp³-hybridized carbons (Fsp3) is 0.333. The normalized spacial score (nSPS) is 9.64. The van der Waals surface area contributed by atoms with Crippen molar-refractivity contribution in [1.82, 2.24) is 0 Å². The van der Waals surface area contributed by atoms with Gasteiger partial charge in [0.2, 0.25) is 0 Å². The maximum absolute atomic E-state index is 5.19. The Bertz CT molecular complexity index is 245. The molecule has 0 bridgehead atoms. The second kappa shape index (κ2) is 3.47. The van der Waals surface area contributed by atoms with Crippen molar-refractivity contribution in [3.05, 3.63) is 23.8 Å². The van der Waals surface area contributed by atoms with Crippen molar-refractivity contribution in [2.45, 2.75) is 13.3 Å². The molecule has 0 N–H and O–H groups in total. The number of hydrogen-bond donors (Lipinski definition) is 0. The Morgan fingerprint density at radius 1 is 1.45 bits per heavy atom. The van der Waals surface area contributed by atoms with E-state index < -0.39 is 0 Å². The highest BCUT2D eigenvalue weighted by Crippen LogP contribution is 2.15. The molecule has 11 heavy (non-hydrogen) atoms. The van der Waals surface area contributed by atoms with Crippen LogP contribution in [0.15, 0.2) is 18.2 Å². The molecule has 0 spiro atoms. The molecule has 0 aliphatic rings. The Kier molecular flexibility index (Phi) is 2.58. The van der Waals surface area contributed by atoms with Crippen LogP contribution in [-0.4, -0.2) is 15.0 Å². The quantitative estimate of drug-likeness (QED) is 0.555. The lowest BCUT2D eigenvalue weighted by atomic mass is 9.93. The van der Waals surface area contributed by atoms with Crippen molar-refractivity contribution in [2.75, 3.05) is 7.11 Å². The molecule has 0 saturated heterocycles. The van der Waals surface area contributed by atoms with Crippen LogP contribution in [0.2, 0.25) is 0 Å². The van der Waals surface area contributed by atoms with E-state index in [1.165, 1.54) is 11.0 Å². The number of ether oxygens (including phenoxy) is 1. The van der Waals surface area contributed by atoms with Crippen molar-refractivity contribution in [1.29, 1.82) is 0 Å². The summed E-state index contributed by atoms with van der Waals surface area (Å²) < 4.78 is 5.19. The Morgan fingerprint density at radius 3 is 2.73 bits per heavy atom. The molecule has 1 aromatic carbocycles. The zero-order valence-corrected chi connectivity index (χ0v) is 7.35. The highest BCUT2D eigenvalue weighted by molar-refractivity contribution is 6.32. The Hall–Kier alpha value is -0.915. The van der Waals surface area contributed by atoms with Crippen LogP contribution in [0.1, 0.15) is 12.5 Å². The summed E-state index contributed by atoms with van der Waals surface area (Å²) in [7, 11) is 3.81. The molecule has 0 saturated carbocycles. The second-order valence-corrected chi connectivity index (χ2v) is 2.67. The summed E-state index contributed by atoms with van der Waals surface area (Å²) in [5.41, 5.74) is 2.58. The van der Waals surface area contributed by atoms with Gasteiger partial charge in [-0.1, -0.05) is 24.5 Å². The molecular weight excluding hydrogens is 135 g/mol.